The lowest BCUT2D eigenvalue weighted by Crippen LogP contribution is -2.28. The predicted octanol–water partition coefficient (Wildman–Crippen LogP) is 5.42. The molecule has 1 fully saturated rings. The highest BCUT2D eigenvalue weighted by atomic mass is 16.2. The average molecular weight is 410 g/mol. The Morgan fingerprint density at radius 1 is 1.00 bits per heavy atom. The van der Waals surface area contributed by atoms with Gasteiger partial charge < -0.3 is 4.90 Å². The summed E-state index contributed by atoms with van der Waals surface area (Å²) in [6.45, 7) is 4.72. The summed E-state index contributed by atoms with van der Waals surface area (Å²) in [5.41, 5.74) is 4.19. The van der Waals surface area contributed by atoms with Gasteiger partial charge in [-0.3, -0.25) is 14.3 Å². The third-order valence-electron chi connectivity index (χ3n) is 6.43. The van der Waals surface area contributed by atoms with E-state index in [1.54, 1.807) is 16.8 Å². The second-order valence-electron chi connectivity index (χ2n) is 8.50. The third-order valence-corrected chi connectivity index (χ3v) is 6.43. The summed E-state index contributed by atoms with van der Waals surface area (Å²) < 4.78 is 1.62. The van der Waals surface area contributed by atoms with E-state index in [4.69, 9.17) is 0 Å². The maximum absolute atomic E-state index is 12.7. The maximum Gasteiger partial charge on any atom is 0.280 e. The van der Waals surface area contributed by atoms with Crippen LogP contribution >= 0.6 is 0 Å². The summed E-state index contributed by atoms with van der Waals surface area (Å²) in [4.78, 5) is 19.4. The predicted molar refractivity (Wildman–Crippen MR) is 125 cm³/mol. The van der Waals surface area contributed by atoms with Gasteiger partial charge >= 0.3 is 0 Å². The van der Waals surface area contributed by atoms with Gasteiger partial charge in [0.1, 0.15) is 5.69 Å². The Morgan fingerprint density at radius 2 is 1.81 bits per heavy atom. The number of carbonyl (C=O) groups is 1. The Labute approximate surface area is 183 Å². The summed E-state index contributed by atoms with van der Waals surface area (Å²) >= 11 is 0. The lowest BCUT2D eigenvalue weighted by molar-refractivity contribution is 0.0955. The van der Waals surface area contributed by atoms with Gasteiger partial charge in [-0.1, -0.05) is 42.5 Å². The fraction of sp³-hybridized carbons (Fsp3) is 0.259. The molecule has 0 spiro atoms. The van der Waals surface area contributed by atoms with Crippen LogP contribution in [0, 0.1) is 0 Å². The van der Waals surface area contributed by atoms with E-state index in [9.17, 15) is 4.79 Å². The molecule has 1 aliphatic heterocycles. The molecular weight excluding hydrogens is 382 g/mol. The Bertz CT molecular complexity index is 1190. The molecule has 0 amide bonds. The van der Waals surface area contributed by atoms with Gasteiger partial charge in [0.05, 0.1) is 0 Å². The Balaban J connectivity index is 1.32. The van der Waals surface area contributed by atoms with Crippen molar-refractivity contribution in [1.82, 2.24) is 14.5 Å². The second-order valence-corrected chi connectivity index (χ2v) is 8.50. The molecule has 0 aliphatic carbocycles. The summed E-state index contributed by atoms with van der Waals surface area (Å²) in [6, 6.07) is 21.4. The minimum atomic E-state index is -0.116. The van der Waals surface area contributed by atoms with E-state index in [0.717, 1.165) is 35.3 Å². The quantitative estimate of drug-likeness (QED) is 0.442. The number of hydrogen-bond donors (Lipinski definition) is 0. The fourth-order valence-corrected chi connectivity index (χ4v) is 4.52. The zero-order valence-electron chi connectivity index (χ0n) is 17.9. The number of hydrogen-bond acceptors (Lipinski definition) is 3. The van der Waals surface area contributed by atoms with Crippen LogP contribution in [0.2, 0.25) is 0 Å². The molecule has 1 saturated heterocycles. The minimum absolute atomic E-state index is 0.116. The maximum atomic E-state index is 12.7. The molecule has 4 nitrogen and oxygen atoms in total. The van der Waals surface area contributed by atoms with Crippen LogP contribution in [-0.4, -0.2) is 39.5 Å². The molecule has 5 rings (SSSR count). The van der Waals surface area contributed by atoms with Crippen LogP contribution in [0.15, 0.2) is 79.3 Å². The van der Waals surface area contributed by atoms with Gasteiger partial charge in [-0.15, -0.1) is 0 Å². The first-order chi connectivity index (χ1) is 15.2. The molecule has 0 radical (unpaired) electrons. The molecule has 4 heteroatoms. The van der Waals surface area contributed by atoms with E-state index in [2.05, 4.69) is 59.3 Å². The van der Waals surface area contributed by atoms with Crippen LogP contribution < -0.4 is 0 Å². The summed E-state index contributed by atoms with van der Waals surface area (Å²) in [5.74, 6) is -0.116. The van der Waals surface area contributed by atoms with Crippen LogP contribution in [-0.2, 0) is 6.42 Å². The van der Waals surface area contributed by atoms with Gasteiger partial charge in [-0.05, 0) is 73.0 Å². The van der Waals surface area contributed by atoms with Gasteiger partial charge in [-0.2, -0.15) is 0 Å². The number of fused-ring (bicyclic) bond motifs is 1. The number of benzene rings is 2. The van der Waals surface area contributed by atoms with E-state index in [0.29, 0.717) is 5.69 Å². The minimum Gasteiger partial charge on any atom is -0.300 e. The first-order valence-corrected chi connectivity index (χ1v) is 11.1. The number of aromatic nitrogens is 2. The highest BCUT2D eigenvalue weighted by Gasteiger charge is 2.19. The standard InChI is InChI=1S/C27H27N3O/c1-20-5-4-15-29(20)16-13-21-7-9-22(10-8-21)23-11-12-24-18-30(19-25(24)17-23)27(31)26-6-2-3-14-28-26/h2-3,6-12,14,17-20H,4-5,13,15-16H2,1H3. The highest BCUT2D eigenvalue weighted by molar-refractivity contribution is 5.98. The molecule has 1 atom stereocenters. The molecule has 0 N–H and O–H groups in total. The van der Waals surface area contributed by atoms with Crippen molar-refractivity contribution in [2.45, 2.75) is 32.2 Å². The van der Waals surface area contributed by atoms with Gasteiger partial charge in [0, 0.05) is 36.6 Å². The number of likely N-dealkylation sites (tertiary alicyclic amines) is 1. The van der Waals surface area contributed by atoms with Gasteiger partial charge in [0.2, 0.25) is 0 Å². The van der Waals surface area contributed by atoms with E-state index >= 15 is 0 Å². The molecule has 1 unspecified atom stereocenters. The van der Waals surface area contributed by atoms with Gasteiger partial charge in [0.25, 0.3) is 5.91 Å². The monoisotopic (exact) mass is 409 g/mol. The summed E-state index contributed by atoms with van der Waals surface area (Å²) in [6.07, 6.45) is 9.17. The summed E-state index contributed by atoms with van der Waals surface area (Å²) in [5, 5.41) is 2.10. The van der Waals surface area contributed by atoms with E-state index in [-0.39, 0.29) is 5.91 Å². The van der Waals surface area contributed by atoms with Crippen molar-refractivity contribution < 1.29 is 4.79 Å². The topological polar surface area (TPSA) is 38.1 Å². The van der Waals surface area contributed by atoms with Crippen molar-refractivity contribution in [2.24, 2.45) is 0 Å². The van der Waals surface area contributed by atoms with E-state index in [1.807, 2.05) is 24.5 Å². The zero-order chi connectivity index (χ0) is 21.2. The lowest BCUT2D eigenvalue weighted by Gasteiger charge is -2.20. The molecule has 2 aromatic carbocycles. The lowest BCUT2D eigenvalue weighted by atomic mass is 10.0. The molecule has 2 aromatic heterocycles. The second kappa shape index (κ2) is 8.48. The summed E-state index contributed by atoms with van der Waals surface area (Å²) in [7, 11) is 0. The average Bonchev–Trinajstić information content (AvgIpc) is 3.43. The van der Waals surface area contributed by atoms with Crippen molar-refractivity contribution in [3.8, 4) is 11.1 Å². The Hall–Kier alpha value is -3.24. The zero-order valence-corrected chi connectivity index (χ0v) is 17.9. The molecule has 31 heavy (non-hydrogen) atoms. The molecule has 156 valence electrons. The molecular formula is C27H27N3O. The first-order valence-electron chi connectivity index (χ1n) is 11.1. The van der Waals surface area contributed by atoms with E-state index < -0.39 is 0 Å². The molecule has 4 aromatic rings. The van der Waals surface area contributed by atoms with Gasteiger partial charge in [0.15, 0.2) is 0 Å². The number of carbonyl (C=O) groups excluding carboxylic acids is 1. The Kier molecular flexibility index (Phi) is 5.39. The molecule has 1 aliphatic rings. The molecule has 0 saturated carbocycles. The van der Waals surface area contributed by atoms with Crippen LogP contribution in [0.25, 0.3) is 21.9 Å². The number of nitrogens with zero attached hydrogens (tertiary/aromatic N) is 3. The fourth-order valence-electron chi connectivity index (χ4n) is 4.52. The van der Waals surface area contributed by atoms with Crippen LogP contribution in [0.3, 0.4) is 0 Å². The third kappa shape index (κ3) is 4.17. The van der Waals surface area contributed by atoms with Gasteiger partial charge in [-0.25, -0.2) is 0 Å². The largest absolute Gasteiger partial charge is 0.300 e. The molecule has 0 bridgehead atoms. The van der Waals surface area contributed by atoms with Crippen LogP contribution in [0.4, 0.5) is 0 Å². The van der Waals surface area contributed by atoms with Crippen molar-refractivity contribution in [3.63, 3.8) is 0 Å². The van der Waals surface area contributed by atoms with Crippen LogP contribution in [0.1, 0.15) is 35.8 Å². The van der Waals surface area contributed by atoms with E-state index in [1.165, 1.54) is 30.5 Å². The van der Waals surface area contributed by atoms with Crippen LogP contribution in [0.5, 0.6) is 0 Å². The normalized spacial score (nSPS) is 16.7. The number of rotatable bonds is 5. The van der Waals surface area contributed by atoms with Crippen molar-refractivity contribution in [3.05, 3.63) is 90.5 Å². The molecule has 3 heterocycles. The SMILES string of the molecule is CC1CCCN1CCc1ccc(-c2ccc3cn(C(=O)c4ccccn4)cc3c2)cc1. The number of pyridine rings is 1. The van der Waals surface area contributed by atoms with Crippen molar-refractivity contribution in [1.29, 1.82) is 0 Å². The Morgan fingerprint density at radius 3 is 2.55 bits per heavy atom. The van der Waals surface area contributed by atoms with Crippen molar-refractivity contribution in [2.75, 3.05) is 13.1 Å². The highest BCUT2D eigenvalue weighted by Crippen LogP contribution is 2.26. The first kappa shape index (κ1) is 19.7. The smallest absolute Gasteiger partial charge is 0.280 e. The van der Waals surface area contributed by atoms with Crippen molar-refractivity contribution >= 4 is 16.7 Å².